The van der Waals surface area contributed by atoms with Crippen molar-refractivity contribution in [3.8, 4) is 0 Å². The van der Waals surface area contributed by atoms with Crippen LogP contribution in [-0.4, -0.2) is 32.8 Å². The molecule has 1 aliphatic rings. The molecule has 0 radical (unpaired) electrons. The fourth-order valence-electron chi connectivity index (χ4n) is 1.10. The summed E-state index contributed by atoms with van der Waals surface area (Å²) >= 11 is 0. The lowest BCUT2D eigenvalue weighted by Crippen LogP contribution is -2.46. The molecule has 0 unspecified atom stereocenters. The number of rotatable bonds is 4. The number of carbonyl (C=O) groups excluding carboxylic acids is 1. The molecular formula is C7H15N3O3S. The predicted octanol–water partition coefficient (Wildman–Crippen LogP) is -0.873. The topological polar surface area (TPSA) is 101 Å². The normalized spacial score (nSPS) is 17.2. The number of urea groups is 1. The van der Waals surface area contributed by atoms with Crippen molar-refractivity contribution in [1.29, 1.82) is 0 Å². The molecule has 0 aromatic carbocycles. The Hall–Kier alpha value is -0.820. The van der Waals surface area contributed by atoms with Crippen LogP contribution in [-0.2, 0) is 10.0 Å². The SMILES string of the molecule is NS(=O)(=O)CCNC(=O)NC1CCC1. The van der Waals surface area contributed by atoms with Gasteiger partial charge in [0.25, 0.3) is 0 Å². The lowest BCUT2D eigenvalue weighted by Gasteiger charge is -2.26. The molecule has 4 N–H and O–H groups in total. The van der Waals surface area contributed by atoms with Crippen LogP contribution in [0.15, 0.2) is 0 Å². The number of hydrogen-bond acceptors (Lipinski definition) is 3. The van der Waals surface area contributed by atoms with Crippen LogP contribution in [0.1, 0.15) is 19.3 Å². The molecule has 2 amide bonds. The van der Waals surface area contributed by atoms with Gasteiger partial charge in [-0.3, -0.25) is 0 Å². The molecule has 0 saturated heterocycles. The van der Waals surface area contributed by atoms with E-state index in [2.05, 4.69) is 10.6 Å². The van der Waals surface area contributed by atoms with Crippen molar-refractivity contribution in [2.75, 3.05) is 12.3 Å². The Morgan fingerprint density at radius 1 is 1.43 bits per heavy atom. The minimum absolute atomic E-state index is 0.0530. The summed E-state index contributed by atoms with van der Waals surface area (Å²) in [6, 6.07) is -0.0668. The molecule has 0 atom stereocenters. The first kappa shape index (κ1) is 11.3. The minimum Gasteiger partial charge on any atom is -0.337 e. The molecule has 1 fully saturated rings. The summed E-state index contributed by atoms with van der Waals surface area (Å²) in [5.74, 6) is -0.231. The molecule has 6 nitrogen and oxygen atoms in total. The number of hydrogen-bond donors (Lipinski definition) is 3. The van der Waals surface area contributed by atoms with Crippen LogP contribution in [0.2, 0.25) is 0 Å². The van der Waals surface area contributed by atoms with Gasteiger partial charge in [0.15, 0.2) is 0 Å². The van der Waals surface area contributed by atoms with Gasteiger partial charge in [-0.15, -0.1) is 0 Å². The molecule has 1 rings (SSSR count). The summed E-state index contributed by atoms with van der Waals surface area (Å²) in [7, 11) is -3.48. The Balaban J connectivity index is 2.08. The largest absolute Gasteiger partial charge is 0.337 e. The fraction of sp³-hybridized carbons (Fsp3) is 0.857. The summed E-state index contributed by atoms with van der Waals surface area (Å²) in [6.45, 7) is 0.0530. The molecule has 1 aliphatic carbocycles. The van der Waals surface area contributed by atoms with Gasteiger partial charge in [0.1, 0.15) is 0 Å². The Morgan fingerprint density at radius 2 is 2.07 bits per heavy atom. The lowest BCUT2D eigenvalue weighted by molar-refractivity contribution is 0.229. The van der Waals surface area contributed by atoms with Gasteiger partial charge in [0.05, 0.1) is 5.75 Å². The number of amides is 2. The van der Waals surface area contributed by atoms with Crippen LogP contribution in [0.5, 0.6) is 0 Å². The molecule has 82 valence electrons. The first-order chi connectivity index (χ1) is 6.47. The quantitative estimate of drug-likeness (QED) is 0.575. The third-order valence-electron chi connectivity index (χ3n) is 2.11. The van der Waals surface area contributed by atoms with E-state index in [1.807, 2.05) is 0 Å². The molecule has 7 heteroatoms. The van der Waals surface area contributed by atoms with E-state index in [4.69, 9.17) is 5.14 Å². The molecule has 0 heterocycles. The molecule has 0 aromatic rings. The summed E-state index contributed by atoms with van der Waals surface area (Å²) in [6.07, 6.45) is 3.15. The third-order valence-corrected chi connectivity index (χ3v) is 2.89. The maximum atomic E-state index is 11.1. The van der Waals surface area contributed by atoms with E-state index in [1.54, 1.807) is 0 Å². The minimum atomic E-state index is -3.48. The van der Waals surface area contributed by atoms with Crippen LogP contribution in [0.25, 0.3) is 0 Å². The van der Waals surface area contributed by atoms with E-state index >= 15 is 0 Å². The first-order valence-corrected chi connectivity index (χ1v) is 6.24. The van der Waals surface area contributed by atoms with Gasteiger partial charge in [-0.2, -0.15) is 0 Å². The highest BCUT2D eigenvalue weighted by molar-refractivity contribution is 7.89. The number of nitrogens with one attached hydrogen (secondary N) is 2. The van der Waals surface area contributed by atoms with E-state index in [-0.39, 0.29) is 24.4 Å². The van der Waals surface area contributed by atoms with Crippen molar-refractivity contribution in [2.24, 2.45) is 5.14 Å². The van der Waals surface area contributed by atoms with Gasteiger partial charge in [-0.1, -0.05) is 0 Å². The monoisotopic (exact) mass is 221 g/mol. The molecule has 0 aliphatic heterocycles. The number of carbonyl (C=O) groups is 1. The van der Waals surface area contributed by atoms with Crippen molar-refractivity contribution in [1.82, 2.24) is 10.6 Å². The number of sulfonamides is 1. The van der Waals surface area contributed by atoms with Gasteiger partial charge in [0, 0.05) is 12.6 Å². The van der Waals surface area contributed by atoms with Crippen LogP contribution in [0, 0.1) is 0 Å². The van der Waals surface area contributed by atoms with Crippen LogP contribution < -0.4 is 15.8 Å². The van der Waals surface area contributed by atoms with Crippen molar-refractivity contribution in [2.45, 2.75) is 25.3 Å². The standard InChI is InChI=1S/C7H15N3O3S/c8-14(12,13)5-4-9-7(11)10-6-2-1-3-6/h6H,1-5H2,(H2,8,12,13)(H2,9,10,11). The maximum absolute atomic E-state index is 11.1. The second-order valence-corrected chi connectivity index (χ2v) is 5.13. The Morgan fingerprint density at radius 3 is 2.50 bits per heavy atom. The van der Waals surface area contributed by atoms with Crippen LogP contribution >= 0.6 is 0 Å². The van der Waals surface area contributed by atoms with E-state index in [1.165, 1.54) is 0 Å². The molecule has 0 bridgehead atoms. The van der Waals surface area contributed by atoms with E-state index < -0.39 is 10.0 Å². The zero-order chi connectivity index (χ0) is 10.6. The summed E-state index contributed by atoms with van der Waals surface area (Å²) in [5.41, 5.74) is 0. The Labute approximate surface area is 83.3 Å². The highest BCUT2D eigenvalue weighted by atomic mass is 32.2. The zero-order valence-corrected chi connectivity index (χ0v) is 8.64. The molecule has 14 heavy (non-hydrogen) atoms. The number of primary sulfonamides is 1. The summed E-state index contributed by atoms with van der Waals surface area (Å²) in [5, 5.41) is 9.91. The van der Waals surface area contributed by atoms with Crippen LogP contribution in [0.4, 0.5) is 4.79 Å². The first-order valence-electron chi connectivity index (χ1n) is 4.52. The smallest absolute Gasteiger partial charge is 0.315 e. The fourth-order valence-corrected chi connectivity index (χ4v) is 1.48. The second kappa shape index (κ2) is 4.61. The molecular weight excluding hydrogens is 206 g/mol. The maximum Gasteiger partial charge on any atom is 0.315 e. The average molecular weight is 221 g/mol. The second-order valence-electron chi connectivity index (χ2n) is 3.40. The van der Waals surface area contributed by atoms with E-state index in [0.717, 1.165) is 19.3 Å². The zero-order valence-electron chi connectivity index (χ0n) is 7.82. The number of nitrogens with two attached hydrogens (primary N) is 1. The van der Waals surface area contributed by atoms with E-state index in [9.17, 15) is 13.2 Å². The third kappa shape index (κ3) is 4.43. The van der Waals surface area contributed by atoms with Gasteiger partial charge in [-0.25, -0.2) is 18.4 Å². The van der Waals surface area contributed by atoms with Crippen molar-refractivity contribution >= 4 is 16.1 Å². The van der Waals surface area contributed by atoms with Gasteiger partial charge < -0.3 is 10.6 Å². The van der Waals surface area contributed by atoms with Crippen molar-refractivity contribution in [3.63, 3.8) is 0 Å². The summed E-state index contributed by atoms with van der Waals surface area (Å²) < 4.78 is 21.0. The van der Waals surface area contributed by atoms with Gasteiger partial charge in [0.2, 0.25) is 10.0 Å². The molecule has 0 aromatic heterocycles. The van der Waals surface area contributed by atoms with Gasteiger partial charge >= 0.3 is 6.03 Å². The predicted molar refractivity (Wildman–Crippen MR) is 52.1 cm³/mol. The van der Waals surface area contributed by atoms with E-state index in [0.29, 0.717) is 0 Å². The highest BCUT2D eigenvalue weighted by Crippen LogP contribution is 2.17. The lowest BCUT2D eigenvalue weighted by atomic mass is 9.93. The van der Waals surface area contributed by atoms with Crippen molar-refractivity contribution in [3.05, 3.63) is 0 Å². The molecule has 0 spiro atoms. The van der Waals surface area contributed by atoms with Gasteiger partial charge in [-0.05, 0) is 19.3 Å². The highest BCUT2D eigenvalue weighted by Gasteiger charge is 2.18. The Bertz CT molecular complexity index is 297. The Kier molecular flexibility index (Phi) is 3.70. The van der Waals surface area contributed by atoms with Crippen molar-refractivity contribution < 1.29 is 13.2 Å². The molecule has 1 saturated carbocycles. The summed E-state index contributed by atoms with van der Waals surface area (Å²) in [4.78, 5) is 11.1. The van der Waals surface area contributed by atoms with Crippen LogP contribution in [0.3, 0.4) is 0 Å². The average Bonchev–Trinajstić information content (AvgIpc) is 1.94.